The molecule has 2 aromatic rings. The number of aryl methyl sites for hydroxylation is 2. The Balaban J connectivity index is 1.93. The Kier molecular flexibility index (Phi) is 3.69. The Hall–Kier alpha value is -2.59. The molecule has 0 bridgehead atoms. The summed E-state index contributed by atoms with van der Waals surface area (Å²) in [6, 6.07) is 3.42. The van der Waals surface area contributed by atoms with Crippen molar-refractivity contribution in [3.63, 3.8) is 0 Å². The number of carbonyl (C=O) groups is 1. The van der Waals surface area contributed by atoms with E-state index >= 15 is 0 Å². The maximum Gasteiger partial charge on any atom is 0.270 e. The van der Waals surface area contributed by atoms with Crippen LogP contribution in [0.1, 0.15) is 39.0 Å². The first-order valence-electron chi connectivity index (χ1n) is 7.10. The summed E-state index contributed by atoms with van der Waals surface area (Å²) < 4.78 is 5.56. The zero-order valence-corrected chi connectivity index (χ0v) is 12.5. The molecule has 2 aromatic heterocycles. The van der Waals surface area contributed by atoms with Crippen LogP contribution in [-0.2, 0) is 4.74 Å². The van der Waals surface area contributed by atoms with E-state index in [9.17, 15) is 4.79 Å². The van der Waals surface area contributed by atoms with Gasteiger partial charge in [0.15, 0.2) is 0 Å². The molecule has 114 valence electrons. The van der Waals surface area contributed by atoms with Crippen LogP contribution in [0.25, 0.3) is 0 Å². The number of morpholine rings is 1. The summed E-state index contributed by atoms with van der Waals surface area (Å²) in [6.45, 7) is 5.31. The van der Waals surface area contributed by atoms with E-state index in [2.05, 4.69) is 15.2 Å². The Bertz CT molecular complexity index is 720. The molecule has 3 rings (SSSR count). The molecule has 1 unspecified atom stereocenters. The van der Waals surface area contributed by atoms with Crippen molar-refractivity contribution in [1.82, 2.24) is 20.1 Å². The van der Waals surface area contributed by atoms with Gasteiger partial charge in [-0.25, -0.2) is 0 Å². The second-order valence-corrected chi connectivity index (χ2v) is 5.35. The van der Waals surface area contributed by atoms with Crippen molar-refractivity contribution in [2.45, 2.75) is 19.9 Å². The lowest BCUT2D eigenvalue weighted by atomic mass is 10.0. The second-order valence-electron chi connectivity index (χ2n) is 5.35. The van der Waals surface area contributed by atoms with E-state index < -0.39 is 0 Å². The molecule has 1 aliphatic heterocycles. The first-order valence-corrected chi connectivity index (χ1v) is 7.10. The lowest BCUT2D eigenvalue weighted by Gasteiger charge is -2.35. The van der Waals surface area contributed by atoms with Crippen molar-refractivity contribution >= 4 is 5.91 Å². The minimum Gasteiger partial charge on any atom is -0.377 e. The van der Waals surface area contributed by atoms with Crippen molar-refractivity contribution < 1.29 is 9.53 Å². The summed E-state index contributed by atoms with van der Waals surface area (Å²) in [5, 5.41) is 16.0. The number of aromatic nitrogens is 3. The fraction of sp³-hybridized carbons (Fsp3) is 0.400. The molecule has 1 saturated heterocycles. The molecule has 0 aromatic carbocycles. The number of ether oxygens (including phenoxy) is 1. The van der Waals surface area contributed by atoms with Gasteiger partial charge in [-0.3, -0.25) is 9.89 Å². The third kappa shape index (κ3) is 2.38. The maximum absolute atomic E-state index is 12.8. The van der Waals surface area contributed by atoms with Gasteiger partial charge in [-0.15, -0.1) is 0 Å². The van der Waals surface area contributed by atoms with Gasteiger partial charge < -0.3 is 14.6 Å². The van der Waals surface area contributed by atoms with E-state index in [4.69, 9.17) is 10.00 Å². The fourth-order valence-electron chi connectivity index (χ4n) is 2.87. The highest BCUT2D eigenvalue weighted by Gasteiger charge is 2.32. The molecule has 1 aliphatic rings. The third-order valence-electron chi connectivity index (χ3n) is 3.95. The Morgan fingerprint density at radius 3 is 3.00 bits per heavy atom. The summed E-state index contributed by atoms with van der Waals surface area (Å²) in [4.78, 5) is 17.4. The van der Waals surface area contributed by atoms with Gasteiger partial charge in [0.05, 0.1) is 30.5 Å². The zero-order valence-electron chi connectivity index (χ0n) is 12.5. The average Bonchev–Trinajstić information content (AvgIpc) is 3.14. The number of carbonyl (C=O) groups excluding carboxylic acids is 1. The molecule has 0 radical (unpaired) electrons. The number of amides is 1. The fourth-order valence-corrected chi connectivity index (χ4v) is 2.87. The SMILES string of the molecule is Cc1n[nH]c(C)c1C1COCCN1C(=O)c1cc(C#N)c[nH]1. The highest BCUT2D eigenvalue weighted by Crippen LogP contribution is 2.29. The molecule has 0 aliphatic carbocycles. The van der Waals surface area contributed by atoms with Gasteiger partial charge in [-0.1, -0.05) is 0 Å². The van der Waals surface area contributed by atoms with Gasteiger partial charge in [0.2, 0.25) is 0 Å². The lowest BCUT2D eigenvalue weighted by Crippen LogP contribution is -2.43. The van der Waals surface area contributed by atoms with Crippen LogP contribution in [0.2, 0.25) is 0 Å². The van der Waals surface area contributed by atoms with Gasteiger partial charge in [-0.05, 0) is 19.9 Å². The smallest absolute Gasteiger partial charge is 0.270 e. The van der Waals surface area contributed by atoms with Gasteiger partial charge in [0.1, 0.15) is 11.8 Å². The van der Waals surface area contributed by atoms with Crippen LogP contribution in [0.5, 0.6) is 0 Å². The number of hydrogen-bond donors (Lipinski definition) is 2. The number of nitriles is 1. The topological polar surface area (TPSA) is 97.8 Å². The maximum atomic E-state index is 12.8. The van der Waals surface area contributed by atoms with E-state index in [0.29, 0.717) is 31.0 Å². The van der Waals surface area contributed by atoms with Crippen LogP contribution in [-0.4, -0.2) is 45.7 Å². The quantitative estimate of drug-likeness (QED) is 0.876. The molecular weight excluding hydrogens is 282 g/mol. The normalized spacial score (nSPS) is 18.2. The number of nitrogens with one attached hydrogen (secondary N) is 2. The van der Waals surface area contributed by atoms with Gasteiger partial charge in [0, 0.05) is 24.0 Å². The standard InChI is InChI=1S/C15H17N5O2/c1-9-14(10(2)19-18-9)13-8-22-4-3-20(13)15(21)12-5-11(6-16)7-17-12/h5,7,13,17H,3-4,8H2,1-2H3,(H,18,19). The Morgan fingerprint density at radius 2 is 2.36 bits per heavy atom. The van der Waals surface area contributed by atoms with Gasteiger partial charge in [0.25, 0.3) is 5.91 Å². The molecule has 1 fully saturated rings. The second kappa shape index (κ2) is 5.66. The molecule has 2 N–H and O–H groups in total. The Labute approximate surface area is 127 Å². The van der Waals surface area contributed by atoms with E-state index in [1.165, 1.54) is 6.20 Å². The molecule has 0 spiro atoms. The zero-order chi connectivity index (χ0) is 15.7. The van der Waals surface area contributed by atoms with Crippen LogP contribution in [0.15, 0.2) is 12.3 Å². The summed E-state index contributed by atoms with van der Waals surface area (Å²) in [6.07, 6.45) is 1.54. The van der Waals surface area contributed by atoms with Crippen LogP contribution in [0, 0.1) is 25.2 Å². The molecule has 7 nitrogen and oxygen atoms in total. The first kappa shape index (κ1) is 14.4. The third-order valence-corrected chi connectivity index (χ3v) is 3.95. The highest BCUT2D eigenvalue weighted by molar-refractivity contribution is 5.93. The lowest BCUT2D eigenvalue weighted by molar-refractivity contribution is -0.00329. The van der Waals surface area contributed by atoms with Crippen molar-refractivity contribution in [2.24, 2.45) is 0 Å². The average molecular weight is 299 g/mol. The molecule has 1 amide bonds. The summed E-state index contributed by atoms with van der Waals surface area (Å²) in [5.41, 5.74) is 3.68. The molecule has 7 heteroatoms. The largest absolute Gasteiger partial charge is 0.377 e. The van der Waals surface area contributed by atoms with Crippen LogP contribution in [0.4, 0.5) is 0 Å². The predicted molar refractivity (Wildman–Crippen MR) is 78.2 cm³/mol. The van der Waals surface area contributed by atoms with Crippen LogP contribution < -0.4 is 0 Å². The van der Waals surface area contributed by atoms with Crippen molar-refractivity contribution in [1.29, 1.82) is 5.26 Å². The number of aromatic amines is 2. The van der Waals surface area contributed by atoms with E-state index in [1.807, 2.05) is 19.9 Å². The Morgan fingerprint density at radius 1 is 1.55 bits per heavy atom. The molecule has 1 atom stereocenters. The summed E-state index contributed by atoms with van der Waals surface area (Å²) >= 11 is 0. The van der Waals surface area contributed by atoms with Crippen molar-refractivity contribution in [2.75, 3.05) is 19.8 Å². The van der Waals surface area contributed by atoms with E-state index in [-0.39, 0.29) is 11.9 Å². The highest BCUT2D eigenvalue weighted by atomic mass is 16.5. The van der Waals surface area contributed by atoms with E-state index in [0.717, 1.165) is 17.0 Å². The van der Waals surface area contributed by atoms with Crippen LogP contribution >= 0.6 is 0 Å². The number of nitrogens with zero attached hydrogens (tertiary/aromatic N) is 3. The minimum absolute atomic E-state index is 0.130. The molecule has 22 heavy (non-hydrogen) atoms. The van der Waals surface area contributed by atoms with Crippen molar-refractivity contribution in [3.05, 3.63) is 40.5 Å². The van der Waals surface area contributed by atoms with Gasteiger partial charge in [-0.2, -0.15) is 10.4 Å². The predicted octanol–water partition coefficient (Wildman–Crippen LogP) is 1.44. The first-order chi connectivity index (χ1) is 10.6. The minimum atomic E-state index is -0.172. The number of H-pyrrole nitrogens is 2. The molecule has 0 saturated carbocycles. The number of rotatable bonds is 2. The summed E-state index contributed by atoms with van der Waals surface area (Å²) in [5.74, 6) is -0.130. The van der Waals surface area contributed by atoms with Crippen LogP contribution in [0.3, 0.4) is 0 Å². The summed E-state index contributed by atoms with van der Waals surface area (Å²) in [7, 11) is 0. The molecular formula is C15H17N5O2. The monoisotopic (exact) mass is 299 g/mol. The van der Waals surface area contributed by atoms with E-state index in [1.54, 1.807) is 11.0 Å². The number of hydrogen-bond acceptors (Lipinski definition) is 4. The molecule has 3 heterocycles. The van der Waals surface area contributed by atoms with Gasteiger partial charge >= 0.3 is 0 Å². The van der Waals surface area contributed by atoms with Crippen molar-refractivity contribution in [3.8, 4) is 6.07 Å².